The van der Waals surface area contributed by atoms with Crippen LogP contribution in [0, 0.1) is 5.92 Å². The first-order valence-corrected chi connectivity index (χ1v) is 6.96. The topological polar surface area (TPSA) is 92.5 Å². The van der Waals surface area contributed by atoms with Gasteiger partial charge in [0.15, 0.2) is 0 Å². The summed E-state index contributed by atoms with van der Waals surface area (Å²) in [5.74, 6) is 0.589. The Labute approximate surface area is 96.4 Å². The molecule has 0 atom stereocenters. The molecule has 0 radical (unpaired) electrons. The molecular weight excluding hydrogens is 230 g/mol. The van der Waals surface area contributed by atoms with Gasteiger partial charge in [0.05, 0.1) is 0 Å². The predicted octanol–water partition coefficient (Wildman–Crippen LogP) is -0.572. The monoisotopic (exact) mass is 249 g/mol. The number of amides is 1. The summed E-state index contributed by atoms with van der Waals surface area (Å²) < 4.78 is 23.5. The molecule has 1 aliphatic heterocycles. The third kappa shape index (κ3) is 4.91. The average Bonchev–Trinajstić information content (AvgIpc) is 2.16. The molecule has 0 spiro atoms. The van der Waals surface area contributed by atoms with E-state index in [9.17, 15) is 13.2 Å². The predicted molar refractivity (Wildman–Crippen MR) is 60.7 cm³/mol. The fourth-order valence-electron chi connectivity index (χ4n) is 1.94. The lowest BCUT2D eigenvalue weighted by atomic mass is 9.94. The SMILES string of the molecule is CC(=O)N1CCC(CCNS(N)(=O)=O)CC1. The van der Waals surface area contributed by atoms with Crippen LogP contribution in [-0.2, 0) is 15.0 Å². The summed E-state index contributed by atoms with van der Waals surface area (Å²) in [6.45, 7) is 3.50. The Kier molecular flexibility index (Phi) is 4.69. The molecule has 0 saturated carbocycles. The molecule has 1 rings (SSSR count). The van der Waals surface area contributed by atoms with Crippen LogP contribution >= 0.6 is 0 Å². The molecular formula is C9H19N3O3S. The maximum Gasteiger partial charge on any atom is 0.274 e. The van der Waals surface area contributed by atoms with Gasteiger partial charge in [0.25, 0.3) is 10.2 Å². The van der Waals surface area contributed by atoms with E-state index in [1.54, 1.807) is 6.92 Å². The second kappa shape index (κ2) is 5.60. The van der Waals surface area contributed by atoms with Gasteiger partial charge in [0.2, 0.25) is 5.91 Å². The van der Waals surface area contributed by atoms with Crippen LogP contribution in [-0.4, -0.2) is 38.9 Å². The van der Waals surface area contributed by atoms with Crippen molar-refractivity contribution >= 4 is 16.1 Å². The van der Waals surface area contributed by atoms with Crippen molar-refractivity contribution in [1.29, 1.82) is 0 Å². The van der Waals surface area contributed by atoms with Crippen molar-refractivity contribution in [3.8, 4) is 0 Å². The molecule has 0 aromatic heterocycles. The lowest BCUT2D eigenvalue weighted by molar-refractivity contribution is -0.130. The fraction of sp³-hybridized carbons (Fsp3) is 0.889. The van der Waals surface area contributed by atoms with E-state index >= 15 is 0 Å². The zero-order valence-corrected chi connectivity index (χ0v) is 10.3. The van der Waals surface area contributed by atoms with Crippen molar-refractivity contribution in [1.82, 2.24) is 9.62 Å². The second-order valence-electron chi connectivity index (χ2n) is 4.18. The summed E-state index contributed by atoms with van der Waals surface area (Å²) in [6, 6.07) is 0. The largest absolute Gasteiger partial charge is 0.343 e. The molecule has 94 valence electrons. The molecule has 1 aliphatic rings. The number of rotatable bonds is 4. The molecule has 0 unspecified atom stereocenters. The van der Waals surface area contributed by atoms with E-state index in [4.69, 9.17) is 5.14 Å². The molecule has 7 heteroatoms. The molecule has 0 bridgehead atoms. The van der Waals surface area contributed by atoms with Gasteiger partial charge < -0.3 is 4.90 Å². The highest BCUT2D eigenvalue weighted by molar-refractivity contribution is 7.87. The highest BCUT2D eigenvalue weighted by Crippen LogP contribution is 2.19. The van der Waals surface area contributed by atoms with Crippen molar-refractivity contribution in [3.05, 3.63) is 0 Å². The van der Waals surface area contributed by atoms with Crippen molar-refractivity contribution in [2.45, 2.75) is 26.2 Å². The van der Waals surface area contributed by atoms with E-state index < -0.39 is 10.2 Å². The van der Waals surface area contributed by atoms with Gasteiger partial charge >= 0.3 is 0 Å². The number of nitrogens with two attached hydrogens (primary N) is 1. The molecule has 1 saturated heterocycles. The highest BCUT2D eigenvalue weighted by atomic mass is 32.2. The van der Waals surface area contributed by atoms with E-state index in [1.165, 1.54) is 0 Å². The number of nitrogens with zero attached hydrogens (tertiary/aromatic N) is 1. The van der Waals surface area contributed by atoms with Gasteiger partial charge in [-0.15, -0.1) is 0 Å². The van der Waals surface area contributed by atoms with Crippen LogP contribution in [0.1, 0.15) is 26.2 Å². The normalized spacial score (nSPS) is 18.8. The number of hydrogen-bond acceptors (Lipinski definition) is 3. The molecule has 0 aliphatic carbocycles. The smallest absolute Gasteiger partial charge is 0.274 e. The molecule has 1 amide bonds. The number of piperidine rings is 1. The van der Waals surface area contributed by atoms with Gasteiger partial charge in [-0.05, 0) is 25.2 Å². The first-order valence-electron chi connectivity index (χ1n) is 5.41. The van der Waals surface area contributed by atoms with Crippen LogP contribution in [0.25, 0.3) is 0 Å². The van der Waals surface area contributed by atoms with Gasteiger partial charge in [-0.2, -0.15) is 8.42 Å². The molecule has 16 heavy (non-hydrogen) atoms. The van der Waals surface area contributed by atoms with Crippen molar-refractivity contribution in [2.24, 2.45) is 11.1 Å². The average molecular weight is 249 g/mol. The number of carbonyl (C=O) groups is 1. The number of carbonyl (C=O) groups excluding carboxylic acids is 1. The molecule has 0 aromatic carbocycles. The zero-order chi connectivity index (χ0) is 12.2. The quantitative estimate of drug-likeness (QED) is 0.698. The highest BCUT2D eigenvalue weighted by Gasteiger charge is 2.20. The lowest BCUT2D eigenvalue weighted by Crippen LogP contribution is -2.38. The molecule has 1 heterocycles. The van der Waals surface area contributed by atoms with E-state index in [2.05, 4.69) is 4.72 Å². The third-order valence-electron chi connectivity index (χ3n) is 2.92. The van der Waals surface area contributed by atoms with Gasteiger partial charge in [0.1, 0.15) is 0 Å². The van der Waals surface area contributed by atoms with Gasteiger partial charge in [0, 0.05) is 26.6 Å². The first kappa shape index (κ1) is 13.4. The summed E-state index contributed by atoms with van der Waals surface area (Å²) in [5.41, 5.74) is 0. The Bertz CT molecular complexity index is 334. The minimum Gasteiger partial charge on any atom is -0.343 e. The first-order chi connectivity index (χ1) is 7.38. The Morgan fingerprint density at radius 3 is 2.44 bits per heavy atom. The number of nitrogens with one attached hydrogen (secondary N) is 1. The maximum absolute atomic E-state index is 11.1. The van der Waals surface area contributed by atoms with Crippen LogP contribution in [0.3, 0.4) is 0 Å². The van der Waals surface area contributed by atoms with Crippen molar-refractivity contribution in [2.75, 3.05) is 19.6 Å². The Morgan fingerprint density at radius 1 is 1.44 bits per heavy atom. The van der Waals surface area contributed by atoms with E-state index in [0.29, 0.717) is 12.5 Å². The third-order valence-corrected chi connectivity index (χ3v) is 3.52. The van der Waals surface area contributed by atoms with Crippen LogP contribution in [0.4, 0.5) is 0 Å². The number of hydrogen-bond donors (Lipinski definition) is 2. The summed E-state index contributed by atoms with van der Waals surface area (Å²) >= 11 is 0. The van der Waals surface area contributed by atoms with Crippen LogP contribution < -0.4 is 9.86 Å². The summed E-state index contributed by atoms with van der Waals surface area (Å²) in [4.78, 5) is 12.9. The molecule has 0 aromatic rings. The summed E-state index contributed by atoms with van der Waals surface area (Å²) in [7, 11) is -3.56. The molecule has 1 fully saturated rings. The Hall–Kier alpha value is -0.660. The van der Waals surface area contributed by atoms with Gasteiger partial charge in [-0.25, -0.2) is 9.86 Å². The molecule has 3 N–H and O–H groups in total. The van der Waals surface area contributed by atoms with Crippen LogP contribution in [0.15, 0.2) is 0 Å². The standard InChI is InChI=1S/C9H19N3O3S/c1-8(13)12-6-3-9(4-7-12)2-5-11-16(10,14)15/h9,11H,2-7H2,1H3,(H2,10,14,15). The van der Waals surface area contributed by atoms with E-state index in [-0.39, 0.29) is 5.91 Å². The maximum atomic E-state index is 11.1. The van der Waals surface area contributed by atoms with Crippen LogP contribution in [0.2, 0.25) is 0 Å². The van der Waals surface area contributed by atoms with Gasteiger partial charge in [-0.1, -0.05) is 0 Å². The minimum absolute atomic E-state index is 0.112. The van der Waals surface area contributed by atoms with E-state index in [0.717, 1.165) is 32.4 Å². The zero-order valence-electron chi connectivity index (χ0n) is 9.48. The summed E-state index contributed by atoms with van der Waals surface area (Å²) in [5, 5.41) is 4.82. The van der Waals surface area contributed by atoms with Gasteiger partial charge in [-0.3, -0.25) is 4.79 Å². The van der Waals surface area contributed by atoms with Crippen molar-refractivity contribution in [3.63, 3.8) is 0 Å². The van der Waals surface area contributed by atoms with Crippen LogP contribution in [0.5, 0.6) is 0 Å². The van der Waals surface area contributed by atoms with E-state index in [1.807, 2.05) is 4.90 Å². The minimum atomic E-state index is -3.56. The summed E-state index contributed by atoms with van der Waals surface area (Å²) in [6.07, 6.45) is 2.65. The second-order valence-corrected chi connectivity index (χ2v) is 5.56. The Balaban J connectivity index is 2.20. The van der Waals surface area contributed by atoms with Crippen molar-refractivity contribution < 1.29 is 13.2 Å². The Morgan fingerprint density at radius 2 is 2.00 bits per heavy atom. The molecule has 6 nitrogen and oxygen atoms in total. The lowest BCUT2D eigenvalue weighted by Gasteiger charge is -2.31. The number of likely N-dealkylation sites (tertiary alicyclic amines) is 1. The fourth-order valence-corrected chi connectivity index (χ4v) is 2.34.